The minimum atomic E-state index is -0.221. The van der Waals surface area contributed by atoms with E-state index < -0.39 is 0 Å². The van der Waals surface area contributed by atoms with Crippen LogP contribution in [0, 0.1) is 5.82 Å². The molecule has 0 amide bonds. The zero-order valence-corrected chi connectivity index (χ0v) is 9.91. The highest BCUT2D eigenvalue weighted by molar-refractivity contribution is 5.75. The number of benzene rings is 1. The fraction of sp³-hybridized carbons (Fsp3) is 0.417. The smallest absolute Gasteiger partial charge is 0.297 e. The summed E-state index contributed by atoms with van der Waals surface area (Å²) in [5.41, 5.74) is 1.85. The van der Waals surface area contributed by atoms with E-state index >= 15 is 0 Å². The van der Waals surface area contributed by atoms with Crippen LogP contribution >= 0.6 is 0 Å². The highest BCUT2D eigenvalue weighted by atomic mass is 19.1. The minimum Gasteiger partial charge on any atom is -0.423 e. The van der Waals surface area contributed by atoms with Crippen LogP contribution in [0.5, 0.6) is 0 Å². The Morgan fingerprint density at radius 1 is 1.31 bits per heavy atom. The third-order valence-electron chi connectivity index (χ3n) is 2.50. The second-order valence-corrected chi connectivity index (χ2v) is 4.39. The number of oxazole rings is 1. The van der Waals surface area contributed by atoms with Crippen LogP contribution < -0.4 is 4.90 Å². The van der Waals surface area contributed by atoms with Crippen LogP contribution in [0.15, 0.2) is 16.5 Å². The number of fused-ring (bicyclic) bond motifs is 1. The third kappa shape index (κ3) is 1.75. The maximum atomic E-state index is 13.7. The van der Waals surface area contributed by atoms with Crippen molar-refractivity contribution in [2.24, 2.45) is 0 Å². The Bertz CT molecular complexity index is 517. The molecule has 16 heavy (non-hydrogen) atoms. The zero-order chi connectivity index (χ0) is 11.9. The van der Waals surface area contributed by atoms with E-state index in [2.05, 4.69) is 4.98 Å². The highest BCUT2D eigenvalue weighted by Gasteiger charge is 2.13. The average Bonchev–Trinajstić information content (AvgIpc) is 2.58. The summed E-state index contributed by atoms with van der Waals surface area (Å²) in [7, 11) is 3.68. The molecule has 0 atom stereocenters. The summed E-state index contributed by atoms with van der Waals surface area (Å²) in [4.78, 5) is 5.95. The third-order valence-corrected chi connectivity index (χ3v) is 2.50. The van der Waals surface area contributed by atoms with Gasteiger partial charge in [0.1, 0.15) is 11.3 Å². The van der Waals surface area contributed by atoms with Gasteiger partial charge in [-0.05, 0) is 17.5 Å². The molecule has 1 aromatic heterocycles. The summed E-state index contributed by atoms with van der Waals surface area (Å²) in [6.45, 7) is 3.90. The lowest BCUT2D eigenvalue weighted by Gasteiger charge is -2.05. The van der Waals surface area contributed by atoms with Crippen molar-refractivity contribution < 1.29 is 8.81 Å². The zero-order valence-electron chi connectivity index (χ0n) is 9.91. The van der Waals surface area contributed by atoms with E-state index in [0.717, 1.165) is 0 Å². The van der Waals surface area contributed by atoms with Crippen molar-refractivity contribution in [3.63, 3.8) is 0 Å². The second kappa shape index (κ2) is 3.77. The first-order valence-corrected chi connectivity index (χ1v) is 5.26. The molecule has 0 radical (unpaired) electrons. The van der Waals surface area contributed by atoms with Crippen molar-refractivity contribution in [3.8, 4) is 0 Å². The van der Waals surface area contributed by atoms with Crippen LogP contribution in [0.3, 0.4) is 0 Å². The quantitative estimate of drug-likeness (QED) is 0.781. The van der Waals surface area contributed by atoms with E-state index in [1.807, 2.05) is 27.9 Å². The largest absolute Gasteiger partial charge is 0.423 e. The lowest BCUT2D eigenvalue weighted by atomic mass is 10.0. The molecule has 0 saturated carbocycles. The van der Waals surface area contributed by atoms with Gasteiger partial charge in [-0.15, -0.1) is 0 Å². The van der Waals surface area contributed by atoms with Gasteiger partial charge in [0.2, 0.25) is 0 Å². The number of halogens is 1. The number of hydrogen-bond acceptors (Lipinski definition) is 3. The van der Waals surface area contributed by atoms with E-state index in [0.29, 0.717) is 22.7 Å². The van der Waals surface area contributed by atoms with Crippen LogP contribution in [0.25, 0.3) is 11.1 Å². The van der Waals surface area contributed by atoms with Gasteiger partial charge in [0.25, 0.3) is 6.01 Å². The molecular weight excluding hydrogens is 207 g/mol. The molecule has 0 aliphatic carbocycles. The molecule has 0 unspecified atom stereocenters. The molecule has 0 fully saturated rings. The average molecular weight is 222 g/mol. The standard InChI is InChI=1S/C12H15FN2O/c1-7(2)8-5-11-10(6-9(8)13)14-12(16-11)15(3)4/h5-7H,1-4H3. The Morgan fingerprint density at radius 2 is 2.00 bits per heavy atom. The fourth-order valence-electron chi connectivity index (χ4n) is 1.59. The minimum absolute atomic E-state index is 0.136. The van der Waals surface area contributed by atoms with Gasteiger partial charge in [-0.25, -0.2) is 4.39 Å². The number of hydrogen-bond donors (Lipinski definition) is 0. The van der Waals surface area contributed by atoms with E-state index in [1.54, 1.807) is 11.0 Å². The SMILES string of the molecule is CC(C)c1cc2oc(N(C)C)nc2cc1F. The van der Waals surface area contributed by atoms with Gasteiger partial charge in [-0.3, -0.25) is 0 Å². The second-order valence-electron chi connectivity index (χ2n) is 4.39. The Balaban J connectivity index is 2.61. The van der Waals surface area contributed by atoms with Crippen LogP contribution in [-0.2, 0) is 0 Å². The van der Waals surface area contributed by atoms with Crippen molar-refractivity contribution in [2.45, 2.75) is 19.8 Å². The Kier molecular flexibility index (Phi) is 2.58. The molecule has 0 aliphatic rings. The molecule has 0 bridgehead atoms. The predicted octanol–water partition coefficient (Wildman–Crippen LogP) is 3.16. The summed E-state index contributed by atoms with van der Waals surface area (Å²) in [5.74, 6) is -0.0848. The molecule has 4 heteroatoms. The summed E-state index contributed by atoms with van der Waals surface area (Å²) in [6, 6.07) is 3.66. The predicted molar refractivity (Wildman–Crippen MR) is 62.4 cm³/mol. The lowest BCUT2D eigenvalue weighted by molar-refractivity contribution is 0.586. The monoisotopic (exact) mass is 222 g/mol. The Hall–Kier alpha value is -1.58. The van der Waals surface area contributed by atoms with Gasteiger partial charge in [0, 0.05) is 20.2 Å². The molecule has 1 heterocycles. The molecular formula is C12H15FN2O. The first kappa shape index (κ1) is 10.9. The van der Waals surface area contributed by atoms with Crippen LogP contribution in [0.4, 0.5) is 10.4 Å². The highest BCUT2D eigenvalue weighted by Crippen LogP contribution is 2.27. The molecule has 1 aromatic carbocycles. The molecule has 0 N–H and O–H groups in total. The number of anilines is 1. The van der Waals surface area contributed by atoms with Crippen LogP contribution in [0.2, 0.25) is 0 Å². The van der Waals surface area contributed by atoms with E-state index in [4.69, 9.17) is 4.42 Å². The molecule has 2 rings (SSSR count). The van der Waals surface area contributed by atoms with Crippen LogP contribution in [-0.4, -0.2) is 19.1 Å². The maximum Gasteiger partial charge on any atom is 0.297 e. The summed E-state index contributed by atoms with van der Waals surface area (Å²) in [5, 5.41) is 0. The number of aromatic nitrogens is 1. The fourth-order valence-corrected chi connectivity index (χ4v) is 1.59. The topological polar surface area (TPSA) is 29.3 Å². The first-order chi connectivity index (χ1) is 7.49. The van der Waals surface area contributed by atoms with Gasteiger partial charge < -0.3 is 9.32 Å². The normalized spacial score (nSPS) is 11.4. The van der Waals surface area contributed by atoms with Crippen LogP contribution in [0.1, 0.15) is 25.3 Å². The van der Waals surface area contributed by atoms with Gasteiger partial charge >= 0.3 is 0 Å². The Morgan fingerprint density at radius 3 is 2.56 bits per heavy atom. The maximum absolute atomic E-state index is 13.7. The molecule has 3 nitrogen and oxygen atoms in total. The van der Waals surface area contributed by atoms with Gasteiger partial charge in [0.15, 0.2) is 5.58 Å². The number of nitrogens with zero attached hydrogens (tertiary/aromatic N) is 2. The van der Waals surface area contributed by atoms with Gasteiger partial charge in [-0.1, -0.05) is 13.8 Å². The van der Waals surface area contributed by atoms with Crippen molar-refractivity contribution in [1.82, 2.24) is 4.98 Å². The van der Waals surface area contributed by atoms with Crippen molar-refractivity contribution in [3.05, 3.63) is 23.5 Å². The molecule has 86 valence electrons. The van der Waals surface area contributed by atoms with Crippen molar-refractivity contribution >= 4 is 17.1 Å². The van der Waals surface area contributed by atoms with Gasteiger partial charge in [-0.2, -0.15) is 4.98 Å². The van der Waals surface area contributed by atoms with Gasteiger partial charge in [0.05, 0.1) is 0 Å². The lowest BCUT2D eigenvalue weighted by Crippen LogP contribution is -2.08. The molecule has 0 spiro atoms. The number of rotatable bonds is 2. The van der Waals surface area contributed by atoms with Crippen molar-refractivity contribution in [2.75, 3.05) is 19.0 Å². The summed E-state index contributed by atoms with van der Waals surface area (Å²) in [6.07, 6.45) is 0. The Labute approximate surface area is 93.9 Å². The molecule has 0 aliphatic heterocycles. The van der Waals surface area contributed by atoms with E-state index in [9.17, 15) is 4.39 Å². The van der Waals surface area contributed by atoms with E-state index in [-0.39, 0.29) is 11.7 Å². The summed E-state index contributed by atoms with van der Waals surface area (Å²) >= 11 is 0. The first-order valence-electron chi connectivity index (χ1n) is 5.26. The summed E-state index contributed by atoms with van der Waals surface area (Å²) < 4.78 is 19.2. The van der Waals surface area contributed by atoms with Crippen molar-refractivity contribution in [1.29, 1.82) is 0 Å². The molecule has 2 aromatic rings. The van der Waals surface area contributed by atoms with E-state index in [1.165, 1.54) is 6.07 Å². The molecule has 0 saturated heterocycles.